The fourth-order valence-electron chi connectivity index (χ4n) is 6.08. The van der Waals surface area contributed by atoms with E-state index >= 15 is 0 Å². The summed E-state index contributed by atoms with van der Waals surface area (Å²) in [6, 6.07) is 19.0. The normalized spacial score (nSPS) is 17.7. The summed E-state index contributed by atoms with van der Waals surface area (Å²) in [7, 11) is 11.4. The van der Waals surface area contributed by atoms with Crippen LogP contribution in [-0.2, 0) is 9.53 Å². The summed E-state index contributed by atoms with van der Waals surface area (Å²) in [6.45, 7) is 4.19. The number of fused-ring (bicyclic) bond motifs is 1. The van der Waals surface area contributed by atoms with Gasteiger partial charge in [-0.15, -0.1) is 0 Å². The molecule has 3 aromatic carbocycles. The van der Waals surface area contributed by atoms with Gasteiger partial charge in [0.2, 0.25) is 0 Å². The van der Waals surface area contributed by atoms with Crippen LogP contribution in [-0.4, -0.2) is 86.1 Å². The Labute approximate surface area is 249 Å². The highest BCUT2D eigenvalue weighted by molar-refractivity contribution is 5.81. The number of ether oxygens (including phenoxy) is 4. The zero-order valence-electron chi connectivity index (χ0n) is 25.7. The first-order valence-corrected chi connectivity index (χ1v) is 14.6. The van der Waals surface area contributed by atoms with E-state index in [9.17, 15) is 4.79 Å². The molecule has 2 aliphatic heterocycles. The molecule has 0 aromatic heterocycles. The molecule has 2 atom stereocenters. The lowest BCUT2D eigenvalue weighted by molar-refractivity contribution is -0.135. The van der Waals surface area contributed by atoms with Gasteiger partial charge in [0.1, 0.15) is 17.2 Å². The van der Waals surface area contributed by atoms with Gasteiger partial charge >= 0.3 is 5.97 Å². The first kappa shape index (κ1) is 29.7. The van der Waals surface area contributed by atoms with Gasteiger partial charge in [0, 0.05) is 81.7 Å². The predicted octanol–water partition coefficient (Wildman–Crippen LogP) is 5.13. The summed E-state index contributed by atoms with van der Waals surface area (Å²) in [5.41, 5.74) is 6.21. The van der Waals surface area contributed by atoms with Crippen LogP contribution in [0.4, 0.5) is 11.4 Å². The second-order valence-corrected chi connectivity index (χ2v) is 11.4. The number of morpholine rings is 1. The van der Waals surface area contributed by atoms with Gasteiger partial charge in [-0.25, -0.2) is 0 Å². The molecule has 0 unspecified atom stereocenters. The van der Waals surface area contributed by atoms with Crippen LogP contribution in [0.25, 0.3) is 0 Å². The highest BCUT2D eigenvalue weighted by Gasteiger charge is 2.37. The fourth-order valence-corrected chi connectivity index (χ4v) is 6.08. The van der Waals surface area contributed by atoms with Crippen molar-refractivity contribution in [3.63, 3.8) is 0 Å². The van der Waals surface area contributed by atoms with E-state index < -0.39 is 0 Å². The molecule has 1 fully saturated rings. The number of esters is 1. The molecule has 2 heterocycles. The van der Waals surface area contributed by atoms with Crippen LogP contribution in [0.1, 0.15) is 46.9 Å². The largest absolute Gasteiger partial charge is 0.496 e. The Kier molecular flexibility index (Phi) is 9.24. The molecule has 0 amide bonds. The SMILES string of the molecule is COc1cc(OC)c2c(c1[C@H](CCN1CCOCC1)c1ccc(N(C)C)cc1)OC(=O)C[C@@H]2c1ccc(N(C)C)cc1. The zero-order valence-corrected chi connectivity index (χ0v) is 25.7. The van der Waals surface area contributed by atoms with Crippen LogP contribution in [0.2, 0.25) is 0 Å². The minimum Gasteiger partial charge on any atom is -0.496 e. The first-order chi connectivity index (χ1) is 20.3. The third-order valence-electron chi connectivity index (χ3n) is 8.47. The molecule has 42 heavy (non-hydrogen) atoms. The Morgan fingerprint density at radius 1 is 0.881 bits per heavy atom. The molecule has 3 aromatic rings. The van der Waals surface area contributed by atoms with Crippen molar-refractivity contribution in [1.82, 2.24) is 4.90 Å². The van der Waals surface area contributed by atoms with Crippen molar-refractivity contribution >= 4 is 17.3 Å². The lowest BCUT2D eigenvalue weighted by atomic mass is 9.80. The number of nitrogens with zero attached hydrogens (tertiary/aromatic N) is 3. The summed E-state index contributed by atoms with van der Waals surface area (Å²) in [6.07, 6.45) is 1.07. The van der Waals surface area contributed by atoms with E-state index in [1.165, 1.54) is 0 Å². The molecule has 0 N–H and O–H groups in total. The Morgan fingerprint density at radius 3 is 2.05 bits per heavy atom. The van der Waals surface area contributed by atoms with Gasteiger partial charge in [-0.05, 0) is 48.4 Å². The summed E-state index contributed by atoms with van der Waals surface area (Å²) in [5.74, 6) is 1.36. The molecular weight excluding hydrogens is 530 g/mol. The summed E-state index contributed by atoms with van der Waals surface area (Å²) in [5, 5.41) is 0. The second kappa shape index (κ2) is 13.0. The van der Waals surface area contributed by atoms with Gasteiger partial charge in [-0.2, -0.15) is 0 Å². The van der Waals surface area contributed by atoms with Gasteiger partial charge in [0.15, 0.2) is 0 Å². The number of hydrogen-bond donors (Lipinski definition) is 0. The maximum atomic E-state index is 13.3. The van der Waals surface area contributed by atoms with Crippen molar-refractivity contribution in [3.05, 3.63) is 76.9 Å². The lowest BCUT2D eigenvalue weighted by Crippen LogP contribution is -2.37. The molecule has 0 aliphatic carbocycles. The van der Waals surface area contributed by atoms with Crippen molar-refractivity contribution < 1.29 is 23.7 Å². The molecule has 1 saturated heterocycles. The fraction of sp³-hybridized carbons (Fsp3) is 0.441. The number of rotatable bonds is 10. The van der Waals surface area contributed by atoms with Crippen molar-refractivity contribution in [2.75, 3.05) is 85.1 Å². The smallest absolute Gasteiger partial charge is 0.312 e. The Balaban J connectivity index is 1.65. The van der Waals surface area contributed by atoms with Gasteiger partial charge in [0.25, 0.3) is 0 Å². The van der Waals surface area contributed by atoms with E-state index in [2.05, 4.69) is 63.2 Å². The number of benzene rings is 3. The molecule has 0 saturated carbocycles. The van der Waals surface area contributed by atoms with E-state index in [1.807, 2.05) is 34.3 Å². The Hall–Kier alpha value is -3.75. The topological polar surface area (TPSA) is 63.7 Å². The second-order valence-electron chi connectivity index (χ2n) is 11.4. The number of carbonyl (C=O) groups excluding carboxylic acids is 1. The highest BCUT2D eigenvalue weighted by atomic mass is 16.5. The van der Waals surface area contributed by atoms with Crippen molar-refractivity contribution in [1.29, 1.82) is 0 Å². The van der Waals surface area contributed by atoms with E-state index in [0.29, 0.717) is 17.2 Å². The van der Waals surface area contributed by atoms with Gasteiger partial charge in [-0.3, -0.25) is 9.69 Å². The van der Waals surface area contributed by atoms with Crippen LogP contribution in [0.15, 0.2) is 54.6 Å². The van der Waals surface area contributed by atoms with E-state index in [4.69, 9.17) is 18.9 Å². The standard InChI is InChI=1S/C34H43N3O5/c1-35(2)25-11-7-23(8-12-25)27(15-16-37-17-19-41-20-18-37)32-29(39-5)22-30(40-6)33-28(21-31(38)42-34(32)33)24-9-13-26(14-10-24)36(3)4/h7-14,22,27-28H,15-21H2,1-6H3/t27-,28-/m1/s1. The molecular formula is C34H43N3O5. The third-order valence-corrected chi connectivity index (χ3v) is 8.47. The van der Waals surface area contributed by atoms with Crippen LogP contribution in [0.3, 0.4) is 0 Å². The lowest BCUT2D eigenvalue weighted by Gasteiger charge is -2.33. The molecule has 0 radical (unpaired) electrons. The van der Waals surface area contributed by atoms with Gasteiger partial charge in [0.05, 0.1) is 33.9 Å². The van der Waals surface area contributed by atoms with E-state index in [-0.39, 0.29) is 24.2 Å². The van der Waals surface area contributed by atoms with Gasteiger partial charge in [-0.1, -0.05) is 24.3 Å². The van der Waals surface area contributed by atoms with Crippen molar-refractivity contribution in [3.8, 4) is 17.2 Å². The molecule has 0 bridgehead atoms. The third kappa shape index (κ3) is 6.20. The molecule has 2 aliphatic rings. The van der Waals surface area contributed by atoms with Crippen molar-refractivity contribution in [2.45, 2.75) is 24.7 Å². The van der Waals surface area contributed by atoms with Crippen LogP contribution < -0.4 is 24.0 Å². The quantitative estimate of drug-likeness (QED) is 0.244. The van der Waals surface area contributed by atoms with Crippen LogP contribution >= 0.6 is 0 Å². The maximum Gasteiger partial charge on any atom is 0.312 e. The molecule has 224 valence electrons. The van der Waals surface area contributed by atoms with Crippen LogP contribution in [0.5, 0.6) is 17.2 Å². The summed E-state index contributed by atoms with van der Waals surface area (Å²) >= 11 is 0. The number of methoxy groups -OCH3 is 2. The number of anilines is 2. The summed E-state index contributed by atoms with van der Waals surface area (Å²) in [4.78, 5) is 19.9. The number of carbonyl (C=O) groups is 1. The monoisotopic (exact) mass is 573 g/mol. The maximum absolute atomic E-state index is 13.3. The Bertz CT molecular complexity index is 1370. The molecule has 5 rings (SSSR count). The minimum atomic E-state index is -0.254. The average molecular weight is 574 g/mol. The number of hydrogen-bond acceptors (Lipinski definition) is 8. The van der Waals surface area contributed by atoms with E-state index in [0.717, 1.165) is 72.9 Å². The molecule has 8 nitrogen and oxygen atoms in total. The highest BCUT2D eigenvalue weighted by Crippen LogP contribution is 2.53. The molecule has 8 heteroatoms. The predicted molar refractivity (Wildman–Crippen MR) is 167 cm³/mol. The van der Waals surface area contributed by atoms with Gasteiger partial charge < -0.3 is 28.7 Å². The molecule has 0 spiro atoms. The van der Waals surface area contributed by atoms with E-state index in [1.54, 1.807) is 14.2 Å². The zero-order chi connectivity index (χ0) is 29.8. The Morgan fingerprint density at radius 2 is 1.48 bits per heavy atom. The van der Waals surface area contributed by atoms with Crippen molar-refractivity contribution in [2.24, 2.45) is 0 Å². The summed E-state index contributed by atoms with van der Waals surface area (Å²) < 4.78 is 23.7. The minimum absolute atomic E-state index is 0.0682. The van der Waals surface area contributed by atoms with Crippen LogP contribution in [0, 0.1) is 0 Å². The average Bonchev–Trinajstić information content (AvgIpc) is 3.01. The first-order valence-electron chi connectivity index (χ1n) is 14.6.